The number of nitrogens with one attached hydrogen (secondary N) is 2. The predicted molar refractivity (Wildman–Crippen MR) is 96.1 cm³/mol. The number of hydrogen-bond acceptors (Lipinski definition) is 4. The number of halogens is 4. The molecule has 144 valence electrons. The molecule has 1 fully saturated rings. The molecule has 2 aromatic rings. The zero-order chi connectivity index (χ0) is 19.4. The Kier molecular flexibility index (Phi) is 5.86. The van der Waals surface area contributed by atoms with Gasteiger partial charge in [-0.05, 0) is 43.2 Å². The molecule has 1 aliphatic rings. The molecule has 1 atom stereocenters. The van der Waals surface area contributed by atoms with E-state index in [2.05, 4.69) is 15.6 Å². The number of hydrogen-bond donors (Lipinski definition) is 2. The highest BCUT2D eigenvalue weighted by Gasteiger charge is 2.31. The molecule has 1 amide bonds. The van der Waals surface area contributed by atoms with E-state index in [-0.39, 0.29) is 22.4 Å². The molecule has 1 aromatic carbocycles. The smallest absolute Gasteiger partial charge is 0.376 e. The molecular formula is C18H17ClF3N3O2. The van der Waals surface area contributed by atoms with Crippen LogP contribution in [0.1, 0.15) is 28.8 Å². The largest absolute Gasteiger partial charge is 0.416 e. The Morgan fingerprint density at radius 3 is 2.81 bits per heavy atom. The second kappa shape index (κ2) is 8.14. The topological polar surface area (TPSA) is 63.2 Å². The number of carbonyl (C=O) groups is 1. The van der Waals surface area contributed by atoms with Gasteiger partial charge >= 0.3 is 6.18 Å². The number of aromatic nitrogens is 1. The van der Waals surface area contributed by atoms with Crippen LogP contribution in [-0.2, 0) is 10.9 Å². The Hall–Kier alpha value is -2.32. The van der Waals surface area contributed by atoms with Gasteiger partial charge in [-0.2, -0.15) is 13.2 Å². The molecule has 2 N–H and O–H groups in total. The van der Waals surface area contributed by atoms with Crippen molar-refractivity contribution in [1.29, 1.82) is 0 Å². The first-order chi connectivity index (χ1) is 12.8. The first kappa shape index (κ1) is 19.4. The number of alkyl halides is 3. The van der Waals surface area contributed by atoms with Gasteiger partial charge in [0, 0.05) is 24.9 Å². The third kappa shape index (κ3) is 5.11. The van der Waals surface area contributed by atoms with Gasteiger partial charge in [-0.3, -0.25) is 4.79 Å². The summed E-state index contributed by atoms with van der Waals surface area (Å²) in [6, 6.07) is 5.75. The quantitative estimate of drug-likeness (QED) is 0.771. The van der Waals surface area contributed by atoms with E-state index >= 15 is 0 Å². The summed E-state index contributed by atoms with van der Waals surface area (Å²) in [5.74, 6) is -0.105. The van der Waals surface area contributed by atoms with Crippen LogP contribution in [0.25, 0.3) is 0 Å². The minimum absolute atomic E-state index is 0.0159. The fourth-order valence-electron chi connectivity index (χ4n) is 2.68. The minimum Gasteiger partial charge on any atom is -0.376 e. The number of carbonyl (C=O) groups excluding carboxylic acids is 1. The molecule has 0 saturated carbocycles. The van der Waals surface area contributed by atoms with Crippen molar-refractivity contribution in [3.05, 3.63) is 52.7 Å². The van der Waals surface area contributed by atoms with Crippen LogP contribution >= 0.6 is 11.6 Å². The molecule has 0 bridgehead atoms. The number of pyridine rings is 1. The van der Waals surface area contributed by atoms with E-state index in [4.69, 9.17) is 16.3 Å². The fraction of sp³-hybridized carbons (Fsp3) is 0.333. The van der Waals surface area contributed by atoms with Gasteiger partial charge < -0.3 is 15.4 Å². The average Bonchev–Trinajstić information content (AvgIpc) is 3.14. The normalized spacial score (nSPS) is 17.0. The molecule has 1 unspecified atom stereocenters. The molecule has 0 spiro atoms. The first-order valence-corrected chi connectivity index (χ1v) is 8.70. The minimum atomic E-state index is -4.53. The van der Waals surface area contributed by atoms with Crippen molar-refractivity contribution in [2.75, 3.05) is 23.8 Å². The van der Waals surface area contributed by atoms with Crippen LogP contribution in [0.5, 0.6) is 0 Å². The van der Waals surface area contributed by atoms with Crippen molar-refractivity contribution in [1.82, 2.24) is 4.98 Å². The van der Waals surface area contributed by atoms with Gasteiger partial charge in [0.15, 0.2) is 0 Å². The number of anilines is 2. The molecule has 1 aliphatic heterocycles. The Labute approximate surface area is 158 Å². The van der Waals surface area contributed by atoms with E-state index in [1.807, 2.05) is 0 Å². The maximum absolute atomic E-state index is 12.8. The van der Waals surface area contributed by atoms with Gasteiger partial charge in [0.2, 0.25) is 0 Å². The lowest BCUT2D eigenvalue weighted by molar-refractivity contribution is -0.137. The van der Waals surface area contributed by atoms with E-state index in [0.29, 0.717) is 12.4 Å². The zero-order valence-corrected chi connectivity index (χ0v) is 14.9. The Morgan fingerprint density at radius 1 is 1.30 bits per heavy atom. The Morgan fingerprint density at radius 2 is 2.11 bits per heavy atom. The maximum Gasteiger partial charge on any atom is 0.416 e. The third-order valence-electron chi connectivity index (χ3n) is 4.10. The summed E-state index contributed by atoms with van der Waals surface area (Å²) in [5, 5.41) is 5.52. The highest BCUT2D eigenvalue weighted by Crippen LogP contribution is 2.34. The van der Waals surface area contributed by atoms with Crippen LogP contribution in [0.3, 0.4) is 0 Å². The van der Waals surface area contributed by atoms with Gasteiger partial charge in [0.1, 0.15) is 5.82 Å². The third-order valence-corrected chi connectivity index (χ3v) is 4.43. The summed E-state index contributed by atoms with van der Waals surface area (Å²) in [4.78, 5) is 16.5. The lowest BCUT2D eigenvalue weighted by Gasteiger charge is -2.13. The monoisotopic (exact) mass is 399 g/mol. The lowest BCUT2D eigenvalue weighted by Crippen LogP contribution is -2.19. The van der Waals surface area contributed by atoms with Crippen LogP contribution in [0.2, 0.25) is 5.02 Å². The van der Waals surface area contributed by atoms with E-state index in [9.17, 15) is 18.0 Å². The van der Waals surface area contributed by atoms with Crippen molar-refractivity contribution in [3.8, 4) is 0 Å². The maximum atomic E-state index is 12.8. The summed E-state index contributed by atoms with van der Waals surface area (Å²) < 4.78 is 44.0. The molecular weight excluding hydrogens is 383 g/mol. The van der Waals surface area contributed by atoms with Gasteiger partial charge in [0.25, 0.3) is 5.91 Å². The highest BCUT2D eigenvalue weighted by atomic mass is 35.5. The van der Waals surface area contributed by atoms with E-state index < -0.39 is 17.6 Å². The number of rotatable bonds is 5. The standard InChI is InChI=1S/C18H17ClF3N3O2/c19-14-4-3-12(18(20,21)22)9-15(14)25-17(26)11-5-6-23-16(8-11)24-10-13-2-1-7-27-13/h3-6,8-9,13H,1-2,7,10H2,(H,23,24)(H,25,26). The van der Waals surface area contributed by atoms with Crippen LogP contribution in [0, 0.1) is 0 Å². The SMILES string of the molecule is O=C(Nc1cc(C(F)(F)F)ccc1Cl)c1ccnc(NCC2CCCO2)c1. The van der Waals surface area contributed by atoms with Crippen molar-refractivity contribution in [3.63, 3.8) is 0 Å². The predicted octanol–water partition coefficient (Wildman–Crippen LogP) is 4.60. The number of nitrogens with zero attached hydrogens (tertiary/aromatic N) is 1. The van der Waals surface area contributed by atoms with Crippen molar-refractivity contribution >= 4 is 29.0 Å². The molecule has 0 aliphatic carbocycles. The van der Waals surface area contributed by atoms with Gasteiger partial charge in [-0.15, -0.1) is 0 Å². The molecule has 1 aromatic heterocycles. The number of ether oxygens (including phenoxy) is 1. The zero-order valence-electron chi connectivity index (χ0n) is 14.1. The first-order valence-electron chi connectivity index (χ1n) is 8.32. The van der Waals surface area contributed by atoms with E-state index in [0.717, 1.165) is 37.6 Å². The Balaban J connectivity index is 1.70. The average molecular weight is 400 g/mol. The summed E-state index contributed by atoms with van der Waals surface area (Å²) in [7, 11) is 0. The summed E-state index contributed by atoms with van der Waals surface area (Å²) >= 11 is 5.91. The molecule has 3 rings (SSSR count). The van der Waals surface area contributed by atoms with Crippen molar-refractivity contribution < 1.29 is 22.7 Å². The summed E-state index contributed by atoms with van der Waals surface area (Å²) in [5.41, 5.74) is -0.758. The van der Waals surface area contributed by atoms with Crippen LogP contribution in [0.4, 0.5) is 24.7 Å². The number of benzene rings is 1. The van der Waals surface area contributed by atoms with Gasteiger partial charge in [0.05, 0.1) is 22.4 Å². The van der Waals surface area contributed by atoms with E-state index in [1.54, 1.807) is 0 Å². The molecule has 1 saturated heterocycles. The summed E-state index contributed by atoms with van der Waals surface area (Å²) in [6.45, 7) is 1.30. The van der Waals surface area contributed by atoms with E-state index in [1.165, 1.54) is 18.3 Å². The van der Waals surface area contributed by atoms with Crippen LogP contribution in [-0.4, -0.2) is 30.1 Å². The molecule has 2 heterocycles. The number of amides is 1. The molecule has 0 radical (unpaired) electrons. The highest BCUT2D eigenvalue weighted by molar-refractivity contribution is 6.34. The fourth-order valence-corrected chi connectivity index (χ4v) is 2.85. The van der Waals surface area contributed by atoms with Crippen molar-refractivity contribution in [2.24, 2.45) is 0 Å². The molecule has 27 heavy (non-hydrogen) atoms. The Bertz CT molecular complexity index is 824. The van der Waals surface area contributed by atoms with Crippen molar-refractivity contribution in [2.45, 2.75) is 25.1 Å². The van der Waals surface area contributed by atoms with Gasteiger partial charge in [-0.25, -0.2) is 4.98 Å². The van der Waals surface area contributed by atoms with Crippen LogP contribution < -0.4 is 10.6 Å². The lowest BCUT2D eigenvalue weighted by atomic mass is 10.1. The van der Waals surface area contributed by atoms with Crippen LogP contribution in [0.15, 0.2) is 36.5 Å². The van der Waals surface area contributed by atoms with Gasteiger partial charge in [-0.1, -0.05) is 11.6 Å². The summed E-state index contributed by atoms with van der Waals surface area (Å²) in [6.07, 6.45) is -1.00. The molecule has 9 heteroatoms. The molecule has 5 nitrogen and oxygen atoms in total. The second-order valence-electron chi connectivity index (χ2n) is 6.09. The second-order valence-corrected chi connectivity index (χ2v) is 6.50.